The highest BCUT2D eigenvalue weighted by Crippen LogP contribution is 2.20. The molecule has 0 aliphatic carbocycles. The normalized spacial score (nSPS) is 14.8. The highest BCUT2D eigenvalue weighted by molar-refractivity contribution is 5.50. The van der Waals surface area contributed by atoms with Gasteiger partial charge < -0.3 is 15.1 Å². The van der Waals surface area contributed by atoms with Crippen LogP contribution in [0.5, 0.6) is 0 Å². The number of aromatic nitrogens is 2. The number of nitrogens with one attached hydrogen (secondary N) is 1. The van der Waals surface area contributed by atoms with Crippen LogP contribution in [0.3, 0.4) is 0 Å². The predicted molar refractivity (Wildman–Crippen MR) is 101 cm³/mol. The van der Waals surface area contributed by atoms with Gasteiger partial charge in [-0.2, -0.15) is 4.98 Å². The van der Waals surface area contributed by atoms with Gasteiger partial charge in [0, 0.05) is 44.6 Å². The first-order valence-electron chi connectivity index (χ1n) is 8.90. The predicted octanol–water partition coefficient (Wildman–Crippen LogP) is 3.32. The zero-order valence-electron chi connectivity index (χ0n) is 14.7. The molecule has 128 valence electrons. The lowest BCUT2D eigenvalue weighted by Crippen LogP contribution is -2.47. The second-order valence-electron chi connectivity index (χ2n) is 6.34. The second-order valence-corrected chi connectivity index (χ2v) is 6.34. The molecule has 1 aliphatic heterocycles. The van der Waals surface area contributed by atoms with Crippen LogP contribution in [0.15, 0.2) is 36.5 Å². The average molecular weight is 325 g/mol. The van der Waals surface area contributed by atoms with Crippen molar-refractivity contribution in [1.82, 2.24) is 9.97 Å². The van der Waals surface area contributed by atoms with Crippen molar-refractivity contribution in [2.75, 3.05) is 47.8 Å². The zero-order valence-corrected chi connectivity index (χ0v) is 14.7. The zero-order chi connectivity index (χ0) is 16.8. The van der Waals surface area contributed by atoms with Crippen molar-refractivity contribution >= 4 is 17.5 Å². The molecule has 0 amide bonds. The third-order valence-corrected chi connectivity index (χ3v) is 4.41. The van der Waals surface area contributed by atoms with E-state index in [1.807, 2.05) is 12.3 Å². The van der Waals surface area contributed by atoms with E-state index in [1.54, 1.807) is 0 Å². The summed E-state index contributed by atoms with van der Waals surface area (Å²) in [5, 5.41) is 3.38. The Kier molecular flexibility index (Phi) is 5.51. The fourth-order valence-corrected chi connectivity index (χ4v) is 2.98. The third-order valence-electron chi connectivity index (χ3n) is 4.41. The number of anilines is 3. The smallest absolute Gasteiger partial charge is 0.227 e. The summed E-state index contributed by atoms with van der Waals surface area (Å²) in [4.78, 5) is 13.8. The minimum Gasteiger partial charge on any atom is -0.370 e. The van der Waals surface area contributed by atoms with Gasteiger partial charge in [0.2, 0.25) is 5.95 Å². The number of hydrogen-bond donors (Lipinski definition) is 1. The van der Waals surface area contributed by atoms with E-state index >= 15 is 0 Å². The monoisotopic (exact) mass is 325 g/mol. The third kappa shape index (κ3) is 4.16. The number of nitrogens with zero attached hydrogens (tertiary/aromatic N) is 4. The lowest BCUT2D eigenvalue weighted by Gasteiger charge is -2.36. The van der Waals surface area contributed by atoms with Gasteiger partial charge >= 0.3 is 0 Å². The van der Waals surface area contributed by atoms with Gasteiger partial charge in [-0.3, -0.25) is 0 Å². The fraction of sp³-hybridized carbons (Fsp3) is 0.474. The molecule has 1 aromatic heterocycles. The molecule has 0 atom stereocenters. The van der Waals surface area contributed by atoms with Crippen LogP contribution in [0.2, 0.25) is 0 Å². The maximum atomic E-state index is 4.67. The minimum atomic E-state index is 0.834. The number of unbranched alkanes of at least 4 members (excludes halogenated alkanes) is 1. The van der Waals surface area contributed by atoms with Crippen LogP contribution in [-0.4, -0.2) is 42.7 Å². The number of hydrogen-bond acceptors (Lipinski definition) is 5. The molecule has 1 aromatic carbocycles. The molecule has 0 bridgehead atoms. The Morgan fingerprint density at radius 3 is 2.62 bits per heavy atom. The van der Waals surface area contributed by atoms with Crippen molar-refractivity contribution in [2.24, 2.45) is 0 Å². The van der Waals surface area contributed by atoms with Gasteiger partial charge in [0.25, 0.3) is 0 Å². The Morgan fingerprint density at radius 2 is 1.88 bits per heavy atom. The van der Waals surface area contributed by atoms with Gasteiger partial charge in [0.15, 0.2) is 0 Å². The first-order chi connectivity index (χ1) is 11.8. The van der Waals surface area contributed by atoms with Gasteiger partial charge in [-0.15, -0.1) is 0 Å². The van der Waals surface area contributed by atoms with Crippen LogP contribution in [0.25, 0.3) is 0 Å². The molecule has 1 aliphatic rings. The molecular formula is C19H27N5. The van der Waals surface area contributed by atoms with Gasteiger partial charge in [-0.05, 0) is 37.1 Å². The number of rotatable bonds is 6. The first-order valence-corrected chi connectivity index (χ1v) is 8.90. The maximum Gasteiger partial charge on any atom is 0.227 e. The summed E-state index contributed by atoms with van der Waals surface area (Å²) < 4.78 is 0. The summed E-state index contributed by atoms with van der Waals surface area (Å²) in [5.74, 6) is 1.76. The molecule has 0 radical (unpaired) electrons. The Balaban J connectivity index is 1.59. The first kappa shape index (κ1) is 16.6. The van der Waals surface area contributed by atoms with Crippen LogP contribution in [0, 0.1) is 6.92 Å². The second kappa shape index (κ2) is 7.99. The molecule has 5 heteroatoms. The highest BCUT2D eigenvalue weighted by atomic mass is 15.3. The van der Waals surface area contributed by atoms with Crippen LogP contribution in [0.4, 0.5) is 17.5 Å². The van der Waals surface area contributed by atoms with E-state index in [4.69, 9.17) is 0 Å². The molecule has 5 nitrogen and oxygen atoms in total. The molecule has 1 fully saturated rings. The molecule has 3 rings (SSSR count). The Hall–Kier alpha value is -2.30. The van der Waals surface area contributed by atoms with E-state index < -0.39 is 0 Å². The number of piperazine rings is 1. The Morgan fingerprint density at radius 1 is 1.08 bits per heavy atom. The molecule has 2 aromatic rings. The summed E-state index contributed by atoms with van der Waals surface area (Å²) in [7, 11) is 0. The van der Waals surface area contributed by atoms with Gasteiger partial charge in [-0.25, -0.2) is 4.98 Å². The van der Waals surface area contributed by atoms with Gasteiger partial charge in [0.05, 0.1) is 0 Å². The molecule has 0 unspecified atom stereocenters. The minimum absolute atomic E-state index is 0.834. The van der Waals surface area contributed by atoms with E-state index in [-0.39, 0.29) is 0 Å². The molecule has 1 N–H and O–H groups in total. The molecule has 0 spiro atoms. The van der Waals surface area contributed by atoms with E-state index in [9.17, 15) is 0 Å². The van der Waals surface area contributed by atoms with Crippen molar-refractivity contribution in [3.8, 4) is 0 Å². The molecular weight excluding hydrogens is 298 g/mol. The van der Waals surface area contributed by atoms with Gasteiger partial charge in [-0.1, -0.05) is 25.5 Å². The Bertz CT molecular complexity index is 650. The molecule has 24 heavy (non-hydrogen) atoms. The average Bonchev–Trinajstić information content (AvgIpc) is 2.62. The summed E-state index contributed by atoms with van der Waals surface area (Å²) >= 11 is 0. The Labute approximate surface area is 144 Å². The van der Waals surface area contributed by atoms with Crippen molar-refractivity contribution in [2.45, 2.75) is 26.7 Å². The standard InChI is InChI=1S/C19H27N5/c1-3-4-9-20-18-8-10-21-19(22-18)24-13-11-23(12-14-24)17-7-5-6-16(2)15-17/h5-8,10,15H,3-4,9,11-14H2,1-2H3,(H,20,21,22). The topological polar surface area (TPSA) is 44.3 Å². The highest BCUT2D eigenvalue weighted by Gasteiger charge is 2.19. The van der Waals surface area contributed by atoms with Crippen molar-refractivity contribution in [3.63, 3.8) is 0 Å². The van der Waals surface area contributed by atoms with Crippen LogP contribution < -0.4 is 15.1 Å². The molecule has 1 saturated heterocycles. The van der Waals surface area contributed by atoms with E-state index in [2.05, 4.69) is 63.2 Å². The van der Waals surface area contributed by atoms with Crippen LogP contribution in [-0.2, 0) is 0 Å². The SMILES string of the molecule is CCCCNc1ccnc(N2CCN(c3cccc(C)c3)CC2)n1. The fourth-order valence-electron chi connectivity index (χ4n) is 2.98. The summed E-state index contributed by atoms with van der Waals surface area (Å²) in [6.07, 6.45) is 4.20. The van der Waals surface area contributed by atoms with Crippen molar-refractivity contribution in [1.29, 1.82) is 0 Å². The summed E-state index contributed by atoms with van der Waals surface area (Å²) in [5.41, 5.74) is 2.62. The quantitative estimate of drug-likeness (QED) is 0.825. The van der Waals surface area contributed by atoms with E-state index in [1.165, 1.54) is 17.7 Å². The van der Waals surface area contributed by atoms with Gasteiger partial charge in [0.1, 0.15) is 5.82 Å². The largest absolute Gasteiger partial charge is 0.370 e. The van der Waals surface area contributed by atoms with Crippen LogP contribution in [0.1, 0.15) is 25.3 Å². The maximum absolute atomic E-state index is 4.67. The number of benzene rings is 1. The van der Waals surface area contributed by atoms with Crippen molar-refractivity contribution in [3.05, 3.63) is 42.1 Å². The van der Waals surface area contributed by atoms with E-state index in [0.717, 1.165) is 50.9 Å². The van der Waals surface area contributed by atoms with Crippen LogP contribution >= 0.6 is 0 Å². The van der Waals surface area contributed by atoms with E-state index in [0.29, 0.717) is 0 Å². The molecule has 2 heterocycles. The lowest BCUT2D eigenvalue weighted by atomic mass is 10.2. The summed E-state index contributed by atoms with van der Waals surface area (Å²) in [6.45, 7) is 9.21. The number of aryl methyl sites for hydroxylation is 1. The molecule has 0 saturated carbocycles. The summed E-state index contributed by atoms with van der Waals surface area (Å²) in [6, 6.07) is 10.7. The lowest BCUT2D eigenvalue weighted by molar-refractivity contribution is 0.640. The van der Waals surface area contributed by atoms with Crippen molar-refractivity contribution < 1.29 is 0 Å².